The maximum Gasteiger partial charge on any atom is 0.416 e. The maximum atomic E-state index is 14.5. The van der Waals surface area contributed by atoms with Crippen molar-refractivity contribution >= 4 is 34.9 Å². The molecular formula is C34H33ClF3N3O3S. The number of amides is 1. The van der Waals surface area contributed by atoms with Gasteiger partial charge in [0, 0.05) is 28.6 Å². The molecule has 0 spiro atoms. The molecule has 1 saturated heterocycles. The second kappa shape index (κ2) is 13.2. The number of thiazole rings is 1. The topological polar surface area (TPSA) is 64.4 Å². The number of pyridine rings is 1. The molecule has 0 unspecified atom stereocenters. The highest BCUT2D eigenvalue weighted by Gasteiger charge is 2.31. The van der Waals surface area contributed by atoms with Crippen molar-refractivity contribution in [2.75, 3.05) is 13.2 Å². The van der Waals surface area contributed by atoms with Crippen LogP contribution in [0.1, 0.15) is 68.6 Å². The normalized spacial score (nSPS) is 15.2. The first-order valence-electron chi connectivity index (χ1n) is 14.7. The van der Waals surface area contributed by atoms with Gasteiger partial charge in [-0.15, -0.1) is 11.3 Å². The average molecular weight is 656 g/mol. The number of nitrogens with zero attached hydrogens (tertiary/aromatic N) is 3. The van der Waals surface area contributed by atoms with Crippen LogP contribution in [-0.2, 0) is 6.18 Å². The fraction of sp³-hybridized carbons (Fsp3) is 0.324. The number of alkyl halides is 3. The minimum Gasteiger partial charge on any atom is -0.492 e. The molecule has 3 heterocycles. The van der Waals surface area contributed by atoms with Gasteiger partial charge in [-0.25, -0.2) is 4.98 Å². The van der Waals surface area contributed by atoms with Crippen molar-refractivity contribution in [2.24, 2.45) is 0 Å². The van der Waals surface area contributed by atoms with Crippen LogP contribution in [0.5, 0.6) is 5.75 Å². The number of likely N-dealkylation sites (tertiary alicyclic amines) is 1. The third-order valence-corrected chi connectivity index (χ3v) is 8.77. The summed E-state index contributed by atoms with van der Waals surface area (Å²) in [4.78, 5) is 35.3. The van der Waals surface area contributed by atoms with Gasteiger partial charge in [-0.05, 0) is 89.4 Å². The summed E-state index contributed by atoms with van der Waals surface area (Å²) in [6.07, 6.45) is 0.134. The van der Waals surface area contributed by atoms with E-state index in [4.69, 9.17) is 16.3 Å². The Morgan fingerprint density at radius 3 is 2.51 bits per heavy atom. The van der Waals surface area contributed by atoms with Crippen molar-refractivity contribution in [3.63, 3.8) is 0 Å². The molecule has 1 aliphatic rings. The van der Waals surface area contributed by atoms with Gasteiger partial charge in [0.1, 0.15) is 10.8 Å². The molecule has 1 amide bonds. The molecule has 1 fully saturated rings. The Kier molecular flexibility index (Phi) is 9.55. The smallest absolute Gasteiger partial charge is 0.416 e. The fourth-order valence-electron chi connectivity index (χ4n) is 5.47. The number of rotatable bonds is 7. The van der Waals surface area contributed by atoms with Crippen LogP contribution in [0.25, 0.3) is 33.6 Å². The Hall–Kier alpha value is -3.89. The van der Waals surface area contributed by atoms with Gasteiger partial charge in [0.05, 0.1) is 40.4 Å². The number of halogens is 4. The molecule has 2 aromatic carbocycles. The quantitative estimate of drug-likeness (QED) is 0.199. The number of piperidine rings is 1. The first-order chi connectivity index (χ1) is 21.4. The molecule has 1 aliphatic heterocycles. The van der Waals surface area contributed by atoms with E-state index in [2.05, 4.69) is 4.98 Å². The predicted octanol–water partition coefficient (Wildman–Crippen LogP) is 9.14. The van der Waals surface area contributed by atoms with E-state index < -0.39 is 17.3 Å². The van der Waals surface area contributed by atoms with E-state index in [9.17, 15) is 22.8 Å². The SMILES string of the molecule is CCOc1ccc(Cl)cc1-n1c(C=C(C)C)c(C(=O)N2CCCC[C@@H]2C)cc(-c2nc(-c3ccc(C(F)(F)F)cc3)cs2)c1=O. The van der Waals surface area contributed by atoms with Crippen LogP contribution < -0.4 is 10.3 Å². The number of carbonyl (C=O) groups is 1. The largest absolute Gasteiger partial charge is 0.492 e. The van der Waals surface area contributed by atoms with Gasteiger partial charge in [0.2, 0.25) is 0 Å². The lowest BCUT2D eigenvalue weighted by molar-refractivity contribution is -0.137. The Labute approximate surface area is 268 Å². The van der Waals surface area contributed by atoms with Crippen molar-refractivity contribution in [1.82, 2.24) is 14.5 Å². The summed E-state index contributed by atoms with van der Waals surface area (Å²) in [5.41, 5.74) is 1.84. The van der Waals surface area contributed by atoms with Gasteiger partial charge < -0.3 is 9.64 Å². The van der Waals surface area contributed by atoms with Gasteiger partial charge in [-0.3, -0.25) is 14.2 Å². The van der Waals surface area contributed by atoms with Crippen LogP contribution >= 0.6 is 22.9 Å². The summed E-state index contributed by atoms with van der Waals surface area (Å²) in [6.45, 7) is 8.56. The van der Waals surface area contributed by atoms with E-state index in [1.165, 1.54) is 28.0 Å². The van der Waals surface area contributed by atoms with Crippen LogP contribution in [0.3, 0.4) is 0 Å². The van der Waals surface area contributed by atoms with Crippen LogP contribution in [0.2, 0.25) is 5.02 Å². The zero-order valence-electron chi connectivity index (χ0n) is 25.4. The zero-order valence-corrected chi connectivity index (χ0v) is 26.9. The van der Waals surface area contributed by atoms with Gasteiger partial charge in [0.25, 0.3) is 11.5 Å². The molecule has 1 atom stereocenters. The lowest BCUT2D eigenvalue weighted by atomic mass is 10.00. The molecule has 0 saturated carbocycles. The van der Waals surface area contributed by atoms with Crippen LogP contribution in [0.15, 0.2) is 64.3 Å². The van der Waals surface area contributed by atoms with Gasteiger partial charge in [-0.2, -0.15) is 13.2 Å². The second-order valence-electron chi connectivity index (χ2n) is 11.2. The van der Waals surface area contributed by atoms with Crippen molar-refractivity contribution in [2.45, 2.75) is 59.2 Å². The summed E-state index contributed by atoms with van der Waals surface area (Å²) >= 11 is 7.62. The van der Waals surface area contributed by atoms with Gasteiger partial charge >= 0.3 is 6.18 Å². The van der Waals surface area contributed by atoms with Gasteiger partial charge in [0.15, 0.2) is 0 Å². The average Bonchev–Trinajstić information content (AvgIpc) is 3.48. The number of hydrogen-bond donors (Lipinski definition) is 0. The number of aromatic nitrogens is 2. The van der Waals surface area contributed by atoms with E-state index >= 15 is 0 Å². The van der Waals surface area contributed by atoms with E-state index in [1.807, 2.05) is 32.6 Å². The lowest BCUT2D eigenvalue weighted by Crippen LogP contribution is -2.43. The molecule has 236 valence electrons. The summed E-state index contributed by atoms with van der Waals surface area (Å²) in [5.74, 6) is 0.211. The monoisotopic (exact) mass is 655 g/mol. The highest BCUT2D eigenvalue weighted by atomic mass is 35.5. The zero-order chi connectivity index (χ0) is 32.5. The van der Waals surface area contributed by atoms with Crippen LogP contribution in [0, 0.1) is 0 Å². The molecule has 6 nitrogen and oxygen atoms in total. The number of allylic oxidation sites excluding steroid dienone is 1. The molecule has 5 rings (SSSR count). The first kappa shape index (κ1) is 32.5. The molecule has 0 bridgehead atoms. The Bertz CT molecular complexity index is 1810. The Morgan fingerprint density at radius 2 is 1.87 bits per heavy atom. The molecule has 2 aromatic heterocycles. The minimum absolute atomic E-state index is 0.0194. The summed E-state index contributed by atoms with van der Waals surface area (Å²) < 4.78 is 46.8. The number of benzene rings is 2. The summed E-state index contributed by atoms with van der Waals surface area (Å²) in [6, 6.07) is 11.3. The molecule has 45 heavy (non-hydrogen) atoms. The van der Waals surface area contributed by atoms with Crippen LogP contribution in [-0.4, -0.2) is 39.6 Å². The highest BCUT2D eigenvalue weighted by Crippen LogP contribution is 2.35. The van der Waals surface area contributed by atoms with Crippen LogP contribution in [0.4, 0.5) is 13.2 Å². The van der Waals surface area contributed by atoms with E-state index in [0.29, 0.717) is 57.1 Å². The van der Waals surface area contributed by atoms with E-state index in [1.54, 1.807) is 35.7 Å². The number of ether oxygens (including phenoxy) is 1. The summed E-state index contributed by atoms with van der Waals surface area (Å²) in [7, 11) is 0. The fourth-order valence-corrected chi connectivity index (χ4v) is 6.47. The molecule has 4 aromatic rings. The van der Waals surface area contributed by atoms with Crippen molar-refractivity contribution in [3.8, 4) is 33.3 Å². The second-order valence-corrected chi connectivity index (χ2v) is 12.5. The molecule has 0 radical (unpaired) electrons. The molecule has 0 N–H and O–H groups in total. The maximum absolute atomic E-state index is 14.5. The number of carbonyl (C=O) groups excluding carboxylic acids is 1. The van der Waals surface area contributed by atoms with E-state index in [-0.39, 0.29) is 17.5 Å². The third kappa shape index (κ3) is 6.87. The minimum atomic E-state index is -4.46. The molecular weight excluding hydrogens is 623 g/mol. The highest BCUT2D eigenvalue weighted by molar-refractivity contribution is 7.13. The van der Waals surface area contributed by atoms with Gasteiger partial charge in [-0.1, -0.05) is 29.3 Å². The summed E-state index contributed by atoms with van der Waals surface area (Å²) in [5, 5.41) is 2.39. The molecule has 11 heteroatoms. The van der Waals surface area contributed by atoms with Crippen molar-refractivity contribution in [1.29, 1.82) is 0 Å². The number of hydrogen-bond acceptors (Lipinski definition) is 5. The van der Waals surface area contributed by atoms with E-state index in [0.717, 1.165) is 37.0 Å². The Balaban J connectivity index is 1.76. The first-order valence-corrected chi connectivity index (χ1v) is 16.0. The lowest BCUT2D eigenvalue weighted by Gasteiger charge is -2.34. The third-order valence-electron chi connectivity index (χ3n) is 7.66. The molecule has 0 aliphatic carbocycles. The predicted molar refractivity (Wildman–Crippen MR) is 173 cm³/mol. The standard InChI is InChI=1S/C34H33ClF3N3O3S/c1-5-44-30-14-13-24(35)17-29(30)41-28(16-20(2)3)25(32(42)40-15-7-6-8-21(40)4)18-26(33(41)43)31-39-27(19-45-31)22-9-11-23(12-10-22)34(36,37)38/h9-14,16-19,21H,5-8,15H2,1-4H3/t21-/m0/s1. The Morgan fingerprint density at radius 1 is 1.13 bits per heavy atom. The van der Waals surface area contributed by atoms with Crippen molar-refractivity contribution < 1.29 is 22.7 Å². The van der Waals surface area contributed by atoms with Crippen molar-refractivity contribution in [3.05, 3.63) is 91.7 Å².